The molecule has 0 bridgehead atoms. The van der Waals surface area contributed by atoms with E-state index >= 15 is 0 Å². The Balaban J connectivity index is 0.000000492. The quantitative estimate of drug-likeness (QED) is 0.581. The van der Waals surface area contributed by atoms with Crippen molar-refractivity contribution in [1.29, 1.82) is 0 Å². The van der Waals surface area contributed by atoms with Crippen LogP contribution in [0.1, 0.15) is 19.1 Å². The molecule has 0 amide bonds. The molecule has 0 saturated carbocycles. The molecule has 1 saturated heterocycles. The summed E-state index contributed by atoms with van der Waals surface area (Å²) in [6.07, 6.45) is 2.77. The number of H-pyrrole nitrogens is 1. The monoisotopic (exact) mass is 284 g/mol. The first-order valence-corrected chi connectivity index (χ1v) is 6.01. The molecule has 1 aromatic heterocycles. The highest BCUT2D eigenvalue weighted by molar-refractivity contribution is 7.71. The van der Waals surface area contributed by atoms with Crippen LogP contribution < -0.4 is 5.56 Å². The van der Waals surface area contributed by atoms with Crippen LogP contribution in [0.4, 0.5) is 0 Å². The molecule has 94 valence electrons. The maximum absolute atomic E-state index is 11.1. The van der Waals surface area contributed by atoms with Crippen molar-refractivity contribution in [2.75, 3.05) is 6.51 Å². The first-order valence-electron chi connectivity index (χ1n) is 5.22. The minimum absolute atomic E-state index is 0.0904. The summed E-state index contributed by atoms with van der Waals surface area (Å²) in [5.41, 5.74) is -0.389. The molecule has 1 aromatic rings. The summed E-state index contributed by atoms with van der Waals surface area (Å²) in [7, 11) is 10.0. The largest absolute Gasteiger partial charge is 0.406 e. The number of rotatable bonds is 1. The molecule has 1 fully saturated rings. The molecular formula is C9H11B2ClN2O3S. The number of aromatic nitrogens is 2. The number of aromatic amines is 1. The van der Waals surface area contributed by atoms with Gasteiger partial charge in [0.05, 0.1) is 0 Å². The summed E-state index contributed by atoms with van der Waals surface area (Å²) in [5.74, 6) is 0. The maximum atomic E-state index is 11.1. The first kappa shape index (κ1) is 15.5. The zero-order valence-corrected chi connectivity index (χ0v) is 11.1. The van der Waals surface area contributed by atoms with Crippen molar-refractivity contribution < 1.29 is 9.84 Å². The van der Waals surface area contributed by atoms with Gasteiger partial charge in [0, 0.05) is 18.7 Å². The zero-order chi connectivity index (χ0) is 13.7. The molecule has 2 atom stereocenters. The lowest BCUT2D eigenvalue weighted by Gasteiger charge is -2.15. The van der Waals surface area contributed by atoms with Crippen LogP contribution in [-0.4, -0.2) is 42.9 Å². The van der Waals surface area contributed by atoms with Gasteiger partial charge in [0.25, 0.3) is 5.56 Å². The Bertz CT molecular complexity index is 507. The third kappa shape index (κ3) is 3.98. The van der Waals surface area contributed by atoms with Gasteiger partial charge in [-0.1, -0.05) is 11.6 Å². The van der Waals surface area contributed by atoms with Gasteiger partial charge < -0.3 is 9.84 Å². The molecule has 1 aliphatic rings. The Labute approximate surface area is 117 Å². The van der Waals surface area contributed by atoms with E-state index in [0.717, 1.165) is 12.8 Å². The summed E-state index contributed by atoms with van der Waals surface area (Å²) in [4.78, 5) is 13.6. The zero-order valence-electron chi connectivity index (χ0n) is 9.51. The summed E-state index contributed by atoms with van der Waals surface area (Å²) >= 11 is 10.7. The van der Waals surface area contributed by atoms with Gasteiger partial charge in [-0.2, -0.15) is 0 Å². The molecule has 18 heavy (non-hydrogen) atoms. The van der Waals surface area contributed by atoms with Crippen molar-refractivity contribution in [2.45, 2.75) is 25.1 Å². The number of hydrogen-bond acceptors (Lipinski definition) is 4. The summed E-state index contributed by atoms with van der Waals surface area (Å²) < 4.78 is 7.33. The minimum Gasteiger partial charge on any atom is -0.406 e. The highest BCUT2D eigenvalue weighted by Crippen LogP contribution is 2.26. The van der Waals surface area contributed by atoms with E-state index in [2.05, 4.69) is 12.8 Å². The second-order valence-corrected chi connectivity index (χ2v) is 4.33. The van der Waals surface area contributed by atoms with Crippen LogP contribution >= 0.6 is 23.8 Å². The fraction of sp³-hybridized carbons (Fsp3) is 0.556. The molecule has 4 radical (unpaired) electrons. The van der Waals surface area contributed by atoms with Crippen LogP contribution in [0.3, 0.4) is 0 Å². The normalized spacial score (nSPS) is 22.3. The van der Waals surface area contributed by atoms with Gasteiger partial charge in [-0.25, -0.2) is 0 Å². The van der Waals surface area contributed by atoms with Crippen LogP contribution in [-0.2, 0) is 4.74 Å². The molecule has 5 nitrogen and oxygen atoms in total. The van der Waals surface area contributed by atoms with E-state index in [4.69, 9.17) is 41.5 Å². The van der Waals surface area contributed by atoms with Crippen molar-refractivity contribution in [3.8, 4) is 0 Å². The smallest absolute Gasteiger partial charge is 0.270 e. The Morgan fingerprint density at radius 1 is 1.67 bits per heavy atom. The van der Waals surface area contributed by atoms with E-state index in [0.29, 0.717) is 4.77 Å². The molecule has 0 spiro atoms. The Morgan fingerprint density at radius 3 is 2.78 bits per heavy atom. The Morgan fingerprint density at radius 2 is 2.28 bits per heavy atom. The highest BCUT2D eigenvalue weighted by Gasteiger charge is 2.23. The Kier molecular flexibility index (Phi) is 6.14. The molecule has 1 unspecified atom stereocenters. The minimum atomic E-state index is -0.389. The molecular weight excluding hydrogens is 273 g/mol. The Hall–Kier alpha value is -0.560. The van der Waals surface area contributed by atoms with Gasteiger partial charge in [-0.3, -0.25) is 14.3 Å². The predicted octanol–water partition coefficient (Wildman–Crippen LogP) is 0.468. The van der Waals surface area contributed by atoms with Crippen molar-refractivity contribution >= 4 is 39.5 Å². The second kappa shape index (κ2) is 7.13. The van der Waals surface area contributed by atoms with Crippen molar-refractivity contribution in [3.05, 3.63) is 26.3 Å². The van der Waals surface area contributed by atoms with Crippen LogP contribution in [0.15, 0.2) is 11.0 Å². The van der Waals surface area contributed by atoms with Gasteiger partial charge in [0.15, 0.2) is 4.77 Å². The SMILES string of the molecule is [B]CO.[B][C@@H]1CCC(n2cc(Cl)c(=O)[nH]c2=S)O1. The third-order valence-electron chi connectivity index (χ3n) is 2.26. The molecule has 1 aliphatic heterocycles. The van der Waals surface area contributed by atoms with Crippen LogP contribution in [0.25, 0.3) is 0 Å². The average molecular weight is 284 g/mol. The van der Waals surface area contributed by atoms with Gasteiger partial charge in [0.1, 0.15) is 26.9 Å². The van der Waals surface area contributed by atoms with Gasteiger partial charge in [-0.05, 0) is 25.1 Å². The van der Waals surface area contributed by atoms with Gasteiger partial charge in [-0.15, -0.1) is 0 Å². The number of hydrogen-bond donors (Lipinski definition) is 2. The maximum Gasteiger partial charge on any atom is 0.270 e. The van der Waals surface area contributed by atoms with Crippen LogP contribution in [0.2, 0.25) is 5.02 Å². The topological polar surface area (TPSA) is 67.2 Å². The first-order chi connectivity index (χ1) is 8.49. The standard InChI is InChI=1S/C8H8BClN2O2S.CH3BO/c9-5-1-2-6(14-5)12-3-4(10)7(13)11-8(12)15;2-1-3/h3,5-6H,1-2H2,(H,11,13,15);3H,1H2/t5-,6?;/m0./s1. The van der Waals surface area contributed by atoms with Crippen molar-refractivity contribution in [2.24, 2.45) is 0 Å². The third-order valence-corrected chi connectivity index (χ3v) is 2.85. The number of nitrogens with zero attached hydrogens (tertiary/aromatic N) is 1. The van der Waals surface area contributed by atoms with E-state index < -0.39 is 0 Å². The molecule has 0 aliphatic carbocycles. The lowest BCUT2D eigenvalue weighted by molar-refractivity contribution is 0.0354. The predicted molar refractivity (Wildman–Crippen MR) is 72.6 cm³/mol. The highest BCUT2D eigenvalue weighted by atomic mass is 35.5. The summed E-state index contributed by atoms with van der Waals surface area (Å²) in [6.45, 7) is -0.250. The fourth-order valence-electron chi connectivity index (χ4n) is 1.52. The van der Waals surface area contributed by atoms with Gasteiger partial charge in [0.2, 0.25) is 0 Å². The van der Waals surface area contributed by atoms with Crippen LogP contribution in [0, 0.1) is 4.77 Å². The van der Waals surface area contributed by atoms with Crippen molar-refractivity contribution in [3.63, 3.8) is 0 Å². The number of aliphatic hydroxyl groups excluding tert-OH is 1. The average Bonchev–Trinajstić information content (AvgIpc) is 2.71. The lowest BCUT2D eigenvalue weighted by Crippen LogP contribution is -2.18. The number of aliphatic hydroxyl groups is 1. The van der Waals surface area contributed by atoms with Crippen molar-refractivity contribution in [1.82, 2.24) is 9.55 Å². The second-order valence-electron chi connectivity index (χ2n) is 3.53. The fourth-order valence-corrected chi connectivity index (χ4v) is 1.94. The van der Waals surface area contributed by atoms with Gasteiger partial charge >= 0.3 is 0 Å². The van der Waals surface area contributed by atoms with E-state index in [9.17, 15) is 4.79 Å². The number of ether oxygens (including phenoxy) is 1. The summed E-state index contributed by atoms with van der Waals surface area (Å²) in [6, 6.07) is -0.275. The number of nitrogens with one attached hydrogen (secondary N) is 1. The van der Waals surface area contributed by atoms with E-state index in [1.54, 1.807) is 4.57 Å². The van der Waals surface area contributed by atoms with E-state index in [-0.39, 0.29) is 29.3 Å². The van der Waals surface area contributed by atoms with E-state index in [1.165, 1.54) is 6.20 Å². The number of halogens is 1. The lowest BCUT2D eigenvalue weighted by atomic mass is 9.98. The van der Waals surface area contributed by atoms with E-state index in [1.807, 2.05) is 0 Å². The molecule has 2 heterocycles. The van der Waals surface area contributed by atoms with Crippen LogP contribution in [0.5, 0.6) is 0 Å². The molecule has 2 N–H and O–H groups in total. The summed E-state index contributed by atoms with van der Waals surface area (Å²) in [5, 5.41) is 7.44. The molecule has 2 rings (SSSR count). The molecule has 0 aromatic carbocycles. The molecule has 9 heteroatoms.